The Bertz CT molecular complexity index is 633. The number of carbonyl (C=O) groups is 1. The summed E-state index contributed by atoms with van der Waals surface area (Å²) in [5, 5.41) is 0.819. The van der Waals surface area contributed by atoms with Gasteiger partial charge >= 0.3 is 0 Å². The van der Waals surface area contributed by atoms with Gasteiger partial charge in [-0.2, -0.15) is 0 Å². The number of benzene rings is 2. The van der Waals surface area contributed by atoms with Crippen molar-refractivity contribution >= 4 is 51.0 Å². The van der Waals surface area contributed by atoms with E-state index in [-0.39, 0.29) is 5.78 Å². The molecule has 0 saturated heterocycles. The molecule has 0 unspecified atom stereocenters. The minimum atomic E-state index is -0.110. The Balaban J connectivity index is 2.16. The largest absolute Gasteiger partial charge is 0.289 e. The Morgan fingerprint density at radius 1 is 1.00 bits per heavy atom. The molecule has 0 saturated carbocycles. The predicted molar refractivity (Wildman–Crippen MR) is 84.0 cm³/mol. The third kappa shape index (κ3) is 3.93. The molecule has 0 radical (unpaired) electrons. The van der Waals surface area contributed by atoms with E-state index in [0.717, 1.165) is 10.0 Å². The SMILES string of the molecule is O=C(C=Cc1ccc(Br)cc1)c1ccc(Cl)c(Cl)c1. The zero-order valence-corrected chi connectivity index (χ0v) is 12.8. The standard InChI is InChI=1S/C15H9BrCl2O/c16-12-5-1-10(2-6-12)3-8-15(19)11-4-7-13(17)14(18)9-11/h1-9H. The molecule has 0 aliphatic rings. The highest BCUT2D eigenvalue weighted by Gasteiger charge is 2.04. The van der Waals surface area contributed by atoms with Gasteiger partial charge in [-0.05, 0) is 42.0 Å². The summed E-state index contributed by atoms with van der Waals surface area (Å²) in [6.07, 6.45) is 3.28. The lowest BCUT2D eigenvalue weighted by molar-refractivity contribution is 0.104. The van der Waals surface area contributed by atoms with E-state index < -0.39 is 0 Å². The molecular formula is C15H9BrCl2O. The van der Waals surface area contributed by atoms with Crippen molar-refractivity contribution in [2.45, 2.75) is 0 Å². The lowest BCUT2D eigenvalue weighted by Crippen LogP contribution is -1.93. The van der Waals surface area contributed by atoms with Crippen LogP contribution < -0.4 is 0 Å². The summed E-state index contributed by atoms with van der Waals surface area (Å²) < 4.78 is 1.00. The van der Waals surface area contributed by atoms with Crippen LogP contribution in [0.25, 0.3) is 6.08 Å². The number of rotatable bonds is 3. The van der Waals surface area contributed by atoms with Crippen molar-refractivity contribution in [1.82, 2.24) is 0 Å². The number of allylic oxidation sites excluding steroid dienone is 1. The summed E-state index contributed by atoms with van der Waals surface area (Å²) in [5.41, 5.74) is 1.47. The molecule has 96 valence electrons. The van der Waals surface area contributed by atoms with Crippen LogP contribution >= 0.6 is 39.1 Å². The van der Waals surface area contributed by atoms with Crippen molar-refractivity contribution in [3.05, 3.63) is 74.2 Å². The first kappa shape index (κ1) is 14.3. The van der Waals surface area contributed by atoms with Crippen LogP contribution in [0.4, 0.5) is 0 Å². The maximum Gasteiger partial charge on any atom is 0.185 e. The lowest BCUT2D eigenvalue weighted by Gasteiger charge is -1.99. The van der Waals surface area contributed by atoms with Crippen molar-refractivity contribution in [1.29, 1.82) is 0 Å². The van der Waals surface area contributed by atoms with Gasteiger partial charge in [0, 0.05) is 10.0 Å². The predicted octanol–water partition coefficient (Wildman–Crippen LogP) is 5.65. The summed E-state index contributed by atoms with van der Waals surface area (Å²) in [6.45, 7) is 0. The molecule has 0 bridgehead atoms. The molecule has 4 heteroatoms. The van der Waals surface area contributed by atoms with Crippen molar-refractivity contribution in [2.24, 2.45) is 0 Å². The molecule has 0 N–H and O–H groups in total. The highest BCUT2D eigenvalue weighted by atomic mass is 79.9. The van der Waals surface area contributed by atoms with Crippen molar-refractivity contribution in [3.8, 4) is 0 Å². The van der Waals surface area contributed by atoms with Crippen LogP contribution in [0.5, 0.6) is 0 Å². The molecule has 0 aliphatic heterocycles. The Morgan fingerprint density at radius 3 is 2.32 bits per heavy atom. The molecule has 0 fully saturated rings. The van der Waals surface area contributed by atoms with Gasteiger partial charge in [0.2, 0.25) is 0 Å². The van der Waals surface area contributed by atoms with Gasteiger partial charge < -0.3 is 0 Å². The molecule has 2 aromatic rings. The summed E-state index contributed by atoms with van der Waals surface area (Å²) in [5.74, 6) is -0.110. The summed E-state index contributed by atoms with van der Waals surface area (Å²) in [7, 11) is 0. The maximum absolute atomic E-state index is 12.0. The highest BCUT2D eigenvalue weighted by molar-refractivity contribution is 9.10. The number of halogens is 3. The van der Waals surface area contributed by atoms with Crippen LogP contribution in [0.15, 0.2) is 53.0 Å². The molecule has 1 nitrogen and oxygen atoms in total. The summed E-state index contributed by atoms with van der Waals surface area (Å²) in [4.78, 5) is 12.0. The molecular weight excluding hydrogens is 347 g/mol. The normalized spacial score (nSPS) is 10.9. The lowest BCUT2D eigenvalue weighted by atomic mass is 10.1. The number of ketones is 1. The quantitative estimate of drug-likeness (QED) is 0.513. The fourth-order valence-corrected chi connectivity index (χ4v) is 2.05. The average Bonchev–Trinajstić information content (AvgIpc) is 2.41. The van der Waals surface area contributed by atoms with Gasteiger partial charge in [-0.25, -0.2) is 0 Å². The Hall–Kier alpha value is -1.09. The van der Waals surface area contributed by atoms with Gasteiger partial charge in [0.15, 0.2) is 5.78 Å². The molecule has 0 atom stereocenters. The van der Waals surface area contributed by atoms with E-state index in [4.69, 9.17) is 23.2 Å². The fraction of sp³-hybridized carbons (Fsp3) is 0. The number of hydrogen-bond acceptors (Lipinski definition) is 1. The van der Waals surface area contributed by atoms with E-state index in [1.165, 1.54) is 6.08 Å². The van der Waals surface area contributed by atoms with E-state index >= 15 is 0 Å². The van der Waals surface area contributed by atoms with Crippen LogP contribution in [-0.4, -0.2) is 5.78 Å². The van der Waals surface area contributed by atoms with Crippen molar-refractivity contribution < 1.29 is 4.79 Å². The average molecular weight is 356 g/mol. The van der Waals surface area contributed by atoms with Crippen molar-refractivity contribution in [3.63, 3.8) is 0 Å². The summed E-state index contributed by atoms with van der Waals surface area (Å²) in [6, 6.07) is 12.5. The minimum absolute atomic E-state index is 0.110. The molecule has 2 aromatic carbocycles. The maximum atomic E-state index is 12.0. The van der Waals surface area contributed by atoms with Gasteiger partial charge in [0.25, 0.3) is 0 Å². The molecule has 0 spiro atoms. The third-order valence-electron chi connectivity index (χ3n) is 2.50. The smallest absolute Gasteiger partial charge is 0.185 e. The first-order valence-electron chi connectivity index (χ1n) is 5.49. The van der Waals surface area contributed by atoms with Gasteiger partial charge in [0.05, 0.1) is 10.0 Å². The molecule has 19 heavy (non-hydrogen) atoms. The number of hydrogen-bond donors (Lipinski definition) is 0. The van der Waals surface area contributed by atoms with E-state index in [1.807, 2.05) is 24.3 Å². The van der Waals surface area contributed by atoms with Crippen LogP contribution in [0.1, 0.15) is 15.9 Å². The highest BCUT2D eigenvalue weighted by Crippen LogP contribution is 2.23. The topological polar surface area (TPSA) is 17.1 Å². The van der Waals surface area contributed by atoms with E-state index in [1.54, 1.807) is 24.3 Å². The van der Waals surface area contributed by atoms with Crippen LogP contribution in [0.2, 0.25) is 10.0 Å². The minimum Gasteiger partial charge on any atom is -0.289 e. The van der Waals surface area contributed by atoms with Crippen molar-refractivity contribution in [2.75, 3.05) is 0 Å². The second kappa shape index (κ2) is 6.38. The Kier molecular flexibility index (Phi) is 4.81. The van der Waals surface area contributed by atoms with E-state index in [2.05, 4.69) is 15.9 Å². The first-order valence-corrected chi connectivity index (χ1v) is 7.04. The Morgan fingerprint density at radius 2 is 1.68 bits per heavy atom. The van der Waals surface area contributed by atoms with Gasteiger partial charge in [0.1, 0.15) is 0 Å². The second-order valence-electron chi connectivity index (χ2n) is 3.88. The van der Waals surface area contributed by atoms with E-state index in [0.29, 0.717) is 15.6 Å². The Labute approximate surface area is 130 Å². The van der Waals surface area contributed by atoms with Gasteiger partial charge in [-0.15, -0.1) is 0 Å². The number of carbonyl (C=O) groups excluding carboxylic acids is 1. The summed E-state index contributed by atoms with van der Waals surface area (Å²) >= 11 is 15.0. The molecule has 0 aliphatic carbocycles. The van der Waals surface area contributed by atoms with E-state index in [9.17, 15) is 4.79 Å². The fourth-order valence-electron chi connectivity index (χ4n) is 1.49. The van der Waals surface area contributed by atoms with Crippen LogP contribution in [0, 0.1) is 0 Å². The molecule has 2 rings (SSSR count). The first-order chi connectivity index (χ1) is 9.06. The van der Waals surface area contributed by atoms with Crippen LogP contribution in [0.3, 0.4) is 0 Å². The second-order valence-corrected chi connectivity index (χ2v) is 5.61. The molecule has 0 amide bonds. The van der Waals surface area contributed by atoms with Crippen LogP contribution in [-0.2, 0) is 0 Å². The van der Waals surface area contributed by atoms with Gasteiger partial charge in [-0.1, -0.05) is 57.3 Å². The zero-order chi connectivity index (χ0) is 13.8. The monoisotopic (exact) mass is 354 g/mol. The zero-order valence-electron chi connectivity index (χ0n) is 9.74. The van der Waals surface area contributed by atoms with Gasteiger partial charge in [-0.3, -0.25) is 4.79 Å². The third-order valence-corrected chi connectivity index (χ3v) is 3.77. The molecule has 0 heterocycles. The molecule has 0 aromatic heterocycles.